The zero-order valence-corrected chi connectivity index (χ0v) is 30.1. The minimum Gasteiger partial charge on any atom is -0.459 e. The Morgan fingerprint density at radius 2 is 1.20 bits per heavy atom. The van der Waals surface area contributed by atoms with Gasteiger partial charge in [-0.3, -0.25) is 14.7 Å². The van der Waals surface area contributed by atoms with E-state index in [0.717, 1.165) is 6.26 Å². The molecule has 0 saturated carbocycles. The molecule has 1 fully saturated rings. The summed E-state index contributed by atoms with van der Waals surface area (Å²) in [7, 11) is -4.19. The van der Waals surface area contributed by atoms with Crippen LogP contribution < -0.4 is 9.50 Å². The van der Waals surface area contributed by atoms with E-state index in [-0.39, 0.29) is 39.4 Å². The molecule has 4 aromatic carbocycles. The average Bonchev–Trinajstić information content (AvgIpc) is 3.78. The van der Waals surface area contributed by atoms with Crippen molar-refractivity contribution in [3.05, 3.63) is 150 Å². The lowest BCUT2D eigenvalue weighted by Gasteiger charge is -2.25. The highest BCUT2D eigenvalue weighted by atomic mass is 32.2. The second-order valence-electron chi connectivity index (χ2n) is 12.3. The van der Waals surface area contributed by atoms with Crippen molar-refractivity contribution >= 4 is 51.0 Å². The van der Waals surface area contributed by atoms with Crippen LogP contribution in [0.15, 0.2) is 128 Å². The number of benzene rings is 4. The maximum atomic E-state index is 13.7. The molecule has 1 aliphatic heterocycles. The quantitative estimate of drug-likeness (QED) is 0.102. The molecule has 17 heteroatoms. The summed E-state index contributed by atoms with van der Waals surface area (Å²) in [6, 6.07) is 32.3. The van der Waals surface area contributed by atoms with Gasteiger partial charge in [0.25, 0.3) is 11.8 Å². The van der Waals surface area contributed by atoms with E-state index < -0.39 is 71.0 Å². The Labute approximate surface area is 319 Å². The van der Waals surface area contributed by atoms with Crippen molar-refractivity contribution in [3.63, 3.8) is 0 Å². The standard InChI is InChI=1S/C39H31N5O11S/c1-56(49,50)55-34-29-32(41-39(43-34)42-33(45)24-14-6-2-7-15-24)44(23-40-29)35-31(54-38(48)27-20-12-5-13-21-27)30(53-37(47)26-18-10-4-11-19-26)28(52-35)22-51-36(46)25-16-8-3-9-17-25/h2-21,23,28,30-31,35H,22H2,1H3,(H,41,42,43,45)/t28-,30-,31-,35-/m1/s1. The van der Waals surface area contributed by atoms with Gasteiger partial charge in [0, 0.05) is 5.56 Å². The van der Waals surface area contributed by atoms with Crippen LogP contribution in [0.5, 0.6) is 5.88 Å². The van der Waals surface area contributed by atoms with E-state index in [9.17, 15) is 27.6 Å². The van der Waals surface area contributed by atoms with Gasteiger partial charge in [-0.05, 0) is 48.5 Å². The van der Waals surface area contributed by atoms with E-state index >= 15 is 0 Å². The van der Waals surface area contributed by atoms with Crippen LogP contribution in [-0.4, -0.2) is 82.9 Å². The molecule has 16 nitrogen and oxygen atoms in total. The number of rotatable bonds is 12. The fourth-order valence-electron chi connectivity index (χ4n) is 5.78. The van der Waals surface area contributed by atoms with Gasteiger partial charge < -0.3 is 23.1 Å². The summed E-state index contributed by atoms with van der Waals surface area (Å²) in [6.45, 7) is -0.473. The van der Waals surface area contributed by atoms with Crippen LogP contribution >= 0.6 is 0 Å². The van der Waals surface area contributed by atoms with Crippen molar-refractivity contribution in [2.45, 2.75) is 24.5 Å². The van der Waals surface area contributed by atoms with E-state index in [1.165, 1.54) is 35.2 Å². The Kier molecular flexibility index (Phi) is 10.8. The molecule has 7 rings (SSSR count). The molecule has 6 aromatic rings. The smallest absolute Gasteiger partial charge is 0.338 e. The van der Waals surface area contributed by atoms with Gasteiger partial charge in [0.1, 0.15) is 12.7 Å². The summed E-state index contributed by atoms with van der Waals surface area (Å²) < 4.78 is 55.2. The van der Waals surface area contributed by atoms with Gasteiger partial charge in [0.15, 0.2) is 29.6 Å². The van der Waals surface area contributed by atoms with Crippen molar-refractivity contribution in [2.24, 2.45) is 0 Å². The Morgan fingerprint density at radius 3 is 1.73 bits per heavy atom. The number of hydrogen-bond acceptors (Lipinski definition) is 14. The van der Waals surface area contributed by atoms with E-state index in [0.29, 0.717) is 0 Å². The molecular weight excluding hydrogens is 747 g/mol. The Balaban J connectivity index is 1.32. The average molecular weight is 778 g/mol. The van der Waals surface area contributed by atoms with Crippen LogP contribution in [0.2, 0.25) is 0 Å². The highest BCUT2D eigenvalue weighted by Crippen LogP contribution is 2.38. The second kappa shape index (κ2) is 16.2. The van der Waals surface area contributed by atoms with Crippen LogP contribution in [-0.2, 0) is 29.1 Å². The van der Waals surface area contributed by atoms with Gasteiger partial charge in [0.2, 0.25) is 5.95 Å². The fourth-order valence-corrected chi connectivity index (χ4v) is 6.18. The summed E-state index contributed by atoms with van der Waals surface area (Å²) in [5.74, 6) is -3.85. The molecule has 1 N–H and O–H groups in total. The van der Waals surface area contributed by atoms with Crippen LogP contribution in [0.4, 0.5) is 5.95 Å². The number of carbonyl (C=O) groups is 4. The predicted octanol–water partition coefficient (Wildman–Crippen LogP) is 4.62. The predicted molar refractivity (Wildman–Crippen MR) is 197 cm³/mol. The van der Waals surface area contributed by atoms with Gasteiger partial charge in [-0.1, -0.05) is 72.8 Å². The molecule has 0 bridgehead atoms. The Bertz CT molecular complexity index is 2490. The molecule has 1 amide bonds. The Hall–Kier alpha value is -6.98. The van der Waals surface area contributed by atoms with E-state index in [1.54, 1.807) is 97.1 Å². The minimum absolute atomic E-state index is 0.136. The molecule has 0 radical (unpaired) electrons. The van der Waals surface area contributed by atoms with Crippen molar-refractivity contribution < 1.29 is 50.7 Å². The molecule has 4 atom stereocenters. The van der Waals surface area contributed by atoms with Crippen molar-refractivity contribution in [1.29, 1.82) is 0 Å². The first-order chi connectivity index (χ1) is 27.0. The normalized spacial score (nSPS) is 17.8. The number of nitrogens with one attached hydrogen (secondary N) is 1. The van der Waals surface area contributed by atoms with Crippen LogP contribution in [0.1, 0.15) is 47.7 Å². The maximum Gasteiger partial charge on any atom is 0.338 e. The van der Waals surface area contributed by atoms with Crippen molar-refractivity contribution in [2.75, 3.05) is 18.2 Å². The molecule has 1 saturated heterocycles. The van der Waals surface area contributed by atoms with Crippen LogP contribution in [0, 0.1) is 0 Å². The molecule has 2 aromatic heterocycles. The van der Waals surface area contributed by atoms with Gasteiger partial charge in [0.05, 0.1) is 29.3 Å². The highest BCUT2D eigenvalue weighted by molar-refractivity contribution is 7.86. The lowest BCUT2D eigenvalue weighted by molar-refractivity contribution is -0.0606. The number of fused-ring (bicyclic) bond motifs is 1. The summed E-state index contributed by atoms with van der Waals surface area (Å²) >= 11 is 0. The molecule has 0 aliphatic carbocycles. The number of aromatic nitrogens is 4. The number of hydrogen-bond donors (Lipinski definition) is 1. The third kappa shape index (κ3) is 8.53. The second-order valence-corrected chi connectivity index (χ2v) is 13.9. The van der Waals surface area contributed by atoms with E-state index in [1.807, 2.05) is 0 Å². The number of nitrogens with zero attached hydrogens (tertiary/aromatic N) is 4. The number of ether oxygens (including phenoxy) is 4. The first-order valence-electron chi connectivity index (χ1n) is 16.9. The molecule has 1 aliphatic rings. The lowest BCUT2D eigenvalue weighted by Crippen LogP contribution is -2.41. The fraction of sp³-hybridized carbons (Fsp3) is 0.154. The zero-order chi connectivity index (χ0) is 39.2. The molecular formula is C39H31N5O11S. The van der Waals surface area contributed by atoms with E-state index in [4.69, 9.17) is 23.1 Å². The van der Waals surface area contributed by atoms with Gasteiger partial charge in [-0.25, -0.2) is 19.4 Å². The largest absolute Gasteiger partial charge is 0.459 e. The first kappa shape index (κ1) is 37.3. The number of amides is 1. The third-order valence-corrected chi connectivity index (χ3v) is 8.79. The van der Waals surface area contributed by atoms with Gasteiger partial charge >= 0.3 is 28.0 Å². The summed E-state index contributed by atoms with van der Waals surface area (Å²) in [5, 5.41) is 2.53. The molecule has 284 valence electrons. The Morgan fingerprint density at radius 1 is 0.696 bits per heavy atom. The minimum atomic E-state index is -4.19. The maximum absolute atomic E-state index is 13.7. The SMILES string of the molecule is CS(=O)(=O)Oc1nc(NC(=O)c2ccccc2)nc2c1ncn2[C@@H]1O[C@H](COC(=O)c2ccccc2)[C@@H](OC(=O)c2ccccc2)[C@H]1OC(=O)c1ccccc1. The summed E-state index contributed by atoms with van der Waals surface area (Å²) in [5.41, 5.74) is 0.507. The number of esters is 3. The van der Waals surface area contributed by atoms with Crippen molar-refractivity contribution in [3.8, 4) is 5.88 Å². The highest BCUT2D eigenvalue weighted by Gasteiger charge is 2.52. The zero-order valence-electron chi connectivity index (χ0n) is 29.3. The third-order valence-electron chi connectivity index (χ3n) is 8.33. The molecule has 0 spiro atoms. The van der Waals surface area contributed by atoms with Crippen LogP contribution in [0.3, 0.4) is 0 Å². The first-order valence-corrected chi connectivity index (χ1v) is 18.8. The number of imidazole rings is 1. The van der Waals surface area contributed by atoms with Crippen LogP contribution in [0.25, 0.3) is 11.2 Å². The monoisotopic (exact) mass is 777 g/mol. The molecule has 3 heterocycles. The number of anilines is 1. The summed E-state index contributed by atoms with van der Waals surface area (Å²) in [6.07, 6.45) is -3.55. The topological polar surface area (TPSA) is 204 Å². The summed E-state index contributed by atoms with van der Waals surface area (Å²) in [4.78, 5) is 66.3. The molecule has 56 heavy (non-hydrogen) atoms. The van der Waals surface area contributed by atoms with Gasteiger partial charge in [-0.15, -0.1) is 0 Å². The van der Waals surface area contributed by atoms with E-state index in [2.05, 4.69) is 20.3 Å². The lowest BCUT2D eigenvalue weighted by atomic mass is 10.1. The number of carbonyl (C=O) groups excluding carboxylic acids is 4. The molecule has 0 unspecified atom stereocenters. The van der Waals surface area contributed by atoms with Gasteiger partial charge in [-0.2, -0.15) is 18.4 Å². The van der Waals surface area contributed by atoms with Crippen molar-refractivity contribution in [1.82, 2.24) is 19.5 Å².